The highest BCUT2D eigenvalue weighted by Crippen LogP contribution is 2.36. The lowest BCUT2D eigenvalue weighted by Crippen LogP contribution is -1.97. The van der Waals surface area contributed by atoms with Crippen molar-refractivity contribution in [3.05, 3.63) is 56.8 Å². The molecule has 104 valence electrons. The number of fused-ring (bicyclic) bond motifs is 1. The van der Waals surface area contributed by atoms with E-state index >= 15 is 0 Å². The van der Waals surface area contributed by atoms with Crippen LogP contribution in [0.1, 0.15) is 16.4 Å². The van der Waals surface area contributed by atoms with Gasteiger partial charge in [-0.15, -0.1) is 34.0 Å². The van der Waals surface area contributed by atoms with Gasteiger partial charge in [-0.3, -0.25) is 0 Å². The van der Waals surface area contributed by atoms with E-state index in [1.807, 2.05) is 0 Å². The summed E-state index contributed by atoms with van der Waals surface area (Å²) in [4.78, 5) is 13.2. The van der Waals surface area contributed by atoms with Gasteiger partial charge < -0.3 is 0 Å². The van der Waals surface area contributed by atoms with Crippen LogP contribution < -0.4 is 0 Å². The number of nitrogens with zero attached hydrogens (tertiary/aromatic N) is 2. The van der Waals surface area contributed by atoms with E-state index in [0.29, 0.717) is 0 Å². The molecule has 2 nitrogen and oxygen atoms in total. The second-order valence-electron chi connectivity index (χ2n) is 4.79. The Labute approximate surface area is 134 Å². The van der Waals surface area contributed by atoms with E-state index in [-0.39, 0.29) is 0 Å². The molecule has 4 aromatic rings. The Morgan fingerprint density at radius 2 is 1.86 bits per heavy atom. The third-order valence-electron chi connectivity index (χ3n) is 3.36. The third kappa shape index (κ3) is 2.41. The summed E-state index contributed by atoms with van der Waals surface area (Å²) >= 11 is 5.23. The highest BCUT2D eigenvalue weighted by Gasteiger charge is 2.13. The Bertz CT molecular complexity index is 874. The predicted molar refractivity (Wildman–Crippen MR) is 92.6 cm³/mol. The van der Waals surface area contributed by atoms with E-state index < -0.39 is 0 Å². The second-order valence-corrected chi connectivity index (χ2v) is 7.63. The van der Waals surface area contributed by atoms with Crippen LogP contribution in [-0.4, -0.2) is 9.97 Å². The summed E-state index contributed by atoms with van der Waals surface area (Å²) in [7, 11) is 0. The minimum Gasteiger partial charge on any atom is -0.237 e. The molecule has 0 unspecified atom stereocenters. The molecule has 0 spiro atoms. The van der Waals surface area contributed by atoms with Gasteiger partial charge in [-0.05, 0) is 29.8 Å². The molecular formula is C16H12N2S3. The fourth-order valence-corrected chi connectivity index (χ4v) is 4.97. The van der Waals surface area contributed by atoms with Gasteiger partial charge >= 0.3 is 0 Å². The molecule has 0 aromatic carbocycles. The first-order chi connectivity index (χ1) is 10.3. The number of rotatable bonds is 3. The SMILES string of the molecule is Cc1nc(Cc2cccs2)nc2scc(-c3cccs3)c12. The largest absolute Gasteiger partial charge is 0.237 e. The van der Waals surface area contributed by atoms with Crippen molar-refractivity contribution < 1.29 is 0 Å². The van der Waals surface area contributed by atoms with Crippen LogP contribution in [0.4, 0.5) is 0 Å². The molecule has 0 radical (unpaired) electrons. The number of hydrogen-bond acceptors (Lipinski definition) is 5. The minimum absolute atomic E-state index is 0.820. The molecule has 4 rings (SSSR count). The van der Waals surface area contributed by atoms with Crippen LogP contribution in [0, 0.1) is 6.92 Å². The van der Waals surface area contributed by atoms with Crippen LogP contribution in [0.15, 0.2) is 40.4 Å². The van der Waals surface area contributed by atoms with Gasteiger partial charge in [-0.25, -0.2) is 9.97 Å². The summed E-state index contributed by atoms with van der Waals surface area (Å²) in [6.45, 7) is 2.09. The van der Waals surface area contributed by atoms with Gasteiger partial charge in [0.15, 0.2) is 0 Å². The molecular weight excluding hydrogens is 316 g/mol. The molecule has 0 bridgehead atoms. The summed E-state index contributed by atoms with van der Waals surface area (Å²) in [6, 6.07) is 8.46. The van der Waals surface area contributed by atoms with Crippen molar-refractivity contribution >= 4 is 44.2 Å². The van der Waals surface area contributed by atoms with E-state index in [1.54, 1.807) is 34.0 Å². The summed E-state index contributed by atoms with van der Waals surface area (Å²) in [5.41, 5.74) is 2.35. The van der Waals surface area contributed by atoms with E-state index in [9.17, 15) is 0 Å². The Kier molecular flexibility index (Phi) is 3.33. The quantitative estimate of drug-likeness (QED) is 0.504. The maximum atomic E-state index is 4.76. The van der Waals surface area contributed by atoms with Crippen LogP contribution in [0.3, 0.4) is 0 Å². The molecule has 21 heavy (non-hydrogen) atoms. The van der Waals surface area contributed by atoms with Crippen molar-refractivity contribution in [2.24, 2.45) is 0 Å². The van der Waals surface area contributed by atoms with Gasteiger partial charge in [-0.1, -0.05) is 12.1 Å². The maximum absolute atomic E-state index is 4.76. The highest BCUT2D eigenvalue weighted by atomic mass is 32.1. The van der Waals surface area contributed by atoms with Crippen molar-refractivity contribution in [2.75, 3.05) is 0 Å². The van der Waals surface area contributed by atoms with E-state index in [0.717, 1.165) is 22.8 Å². The number of aryl methyl sites for hydroxylation is 1. The lowest BCUT2D eigenvalue weighted by atomic mass is 10.1. The number of aromatic nitrogens is 2. The lowest BCUT2D eigenvalue weighted by molar-refractivity contribution is 0.986. The first kappa shape index (κ1) is 13.1. The molecule has 4 heterocycles. The van der Waals surface area contributed by atoms with Crippen LogP contribution in [0.2, 0.25) is 0 Å². The molecule has 0 amide bonds. The average molecular weight is 328 g/mol. The van der Waals surface area contributed by atoms with Gasteiger partial charge in [0, 0.05) is 32.5 Å². The molecule has 4 aromatic heterocycles. The Morgan fingerprint density at radius 3 is 2.62 bits per heavy atom. The normalized spacial score (nSPS) is 11.3. The van der Waals surface area contributed by atoms with E-state index in [4.69, 9.17) is 9.97 Å². The van der Waals surface area contributed by atoms with Gasteiger partial charge in [0.25, 0.3) is 0 Å². The first-order valence-electron chi connectivity index (χ1n) is 6.62. The molecule has 0 aliphatic rings. The summed E-state index contributed by atoms with van der Waals surface area (Å²) in [6.07, 6.45) is 0.820. The first-order valence-corrected chi connectivity index (χ1v) is 9.26. The van der Waals surface area contributed by atoms with Crippen molar-refractivity contribution in [3.63, 3.8) is 0 Å². The average Bonchev–Trinajstić information content (AvgIpc) is 3.19. The standard InChI is InChI=1S/C16H12N2S3/c1-10-15-12(13-5-3-7-20-13)9-21-16(15)18-14(17-10)8-11-4-2-6-19-11/h2-7,9H,8H2,1H3. The van der Waals surface area contributed by atoms with Gasteiger partial charge in [0.1, 0.15) is 10.7 Å². The van der Waals surface area contributed by atoms with Crippen LogP contribution in [0.5, 0.6) is 0 Å². The fourth-order valence-electron chi connectivity index (χ4n) is 2.43. The maximum Gasteiger partial charge on any atom is 0.135 e. The summed E-state index contributed by atoms with van der Waals surface area (Å²) < 4.78 is 0. The summed E-state index contributed by atoms with van der Waals surface area (Å²) in [5.74, 6) is 0.919. The van der Waals surface area contributed by atoms with Gasteiger partial charge in [-0.2, -0.15) is 0 Å². The minimum atomic E-state index is 0.820. The van der Waals surface area contributed by atoms with Crippen LogP contribution in [0.25, 0.3) is 20.7 Å². The third-order valence-corrected chi connectivity index (χ3v) is 6.01. The van der Waals surface area contributed by atoms with Crippen molar-refractivity contribution in [3.8, 4) is 10.4 Å². The Hall–Kier alpha value is -1.56. The van der Waals surface area contributed by atoms with Crippen molar-refractivity contribution in [1.82, 2.24) is 9.97 Å². The lowest BCUT2D eigenvalue weighted by Gasteiger charge is -2.03. The number of hydrogen-bond donors (Lipinski definition) is 0. The van der Waals surface area contributed by atoms with E-state index in [2.05, 4.69) is 47.3 Å². The number of thiophene rings is 3. The predicted octanol–water partition coefficient (Wildman–Crippen LogP) is 5.38. The molecule has 0 atom stereocenters. The molecule has 0 N–H and O–H groups in total. The smallest absolute Gasteiger partial charge is 0.135 e. The van der Waals surface area contributed by atoms with Crippen molar-refractivity contribution in [1.29, 1.82) is 0 Å². The van der Waals surface area contributed by atoms with Crippen LogP contribution >= 0.6 is 34.0 Å². The molecule has 0 saturated carbocycles. The van der Waals surface area contributed by atoms with E-state index in [1.165, 1.54) is 20.7 Å². The molecule has 0 aliphatic heterocycles. The van der Waals surface area contributed by atoms with Gasteiger partial charge in [0.2, 0.25) is 0 Å². The van der Waals surface area contributed by atoms with Crippen molar-refractivity contribution in [2.45, 2.75) is 13.3 Å². The zero-order chi connectivity index (χ0) is 14.2. The monoisotopic (exact) mass is 328 g/mol. The highest BCUT2D eigenvalue weighted by molar-refractivity contribution is 7.18. The Morgan fingerprint density at radius 1 is 1.00 bits per heavy atom. The molecule has 0 aliphatic carbocycles. The zero-order valence-corrected chi connectivity index (χ0v) is 13.8. The molecule has 0 saturated heterocycles. The molecule has 5 heteroatoms. The summed E-state index contributed by atoms with van der Waals surface area (Å²) in [5, 5.41) is 7.62. The zero-order valence-electron chi connectivity index (χ0n) is 11.4. The van der Waals surface area contributed by atoms with Crippen LogP contribution in [-0.2, 0) is 6.42 Å². The molecule has 0 fully saturated rings. The fraction of sp³-hybridized carbons (Fsp3) is 0.125. The second kappa shape index (κ2) is 5.33. The Balaban J connectivity index is 1.81. The topological polar surface area (TPSA) is 25.8 Å². The van der Waals surface area contributed by atoms with Gasteiger partial charge in [0.05, 0.1) is 5.69 Å².